The smallest absolute Gasteiger partial charge is 0.0419 e. The number of aryl methyl sites for hydroxylation is 1. The second-order valence-electron chi connectivity index (χ2n) is 5.53. The maximum atomic E-state index is 6.51. The number of nitrogens with zero attached hydrogens (tertiary/aromatic N) is 1. The van der Waals surface area contributed by atoms with E-state index in [1.54, 1.807) is 0 Å². The summed E-state index contributed by atoms with van der Waals surface area (Å²) in [5, 5.41) is 0.294. The maximum Gasteiger partial charge on any atom is 0.0419 e. The molecule has 2 aliphatic carbocycles. The minimum absolute atomic E-state index is 0.294. The summed E-state index contributed by atoms with van der Waals surface area (Å²) in [6.07, 6.45) is 7.08. The van der Waals surface area contributed by atoms with E-state index >= 15 is 0 Å². The first-order valence-corrected chi connectivity index (χ1v) is 6.71. The molecule has 86 valence electrons. The average molecular weight is 236 g/mol. The molecular formula is C14H18ClN. The Bertz CT molecular complexity index is 363. The minimum atomic E-state index is 0.294. The zero-order valence-corrected chi connectivity index (χ0v) is 10.5. The fraction of sp³-hybridized carbons (Fsp3) is 0.643. The van der Waals surface area contributed by atoms with Crippen LogP contribution >= 0.6 is 11.6 Å². The lowest BCUT2D eigenvalue weighted by atomic mass is 9.96. The van der Waals surface area contributed by atoms with Crippen molar-refractivity contribution in [3.8, 4) is 0 Å². The maximum absolute atomic E-state index is 6.51. The van der Waals surface area contributed by atoms with Gasteiger partial charge in [-0.2, -0.15) is 0 Å². The zero-order chi connectivity index (χ0) is 11.1. The van der Waals surface area contributed by atoms with Gasteiger partial charge >= 0.3 is 0 Å². The first kappa shape index (κ1) is 10.6. The van der Waals surface area contributed by atoms with Crippen LogP contribution < -0.4 is 0 Å². The molecular weight excluding hydrogens is 218 g/mol. The van der Waals surface area contributed by atoms with Gasteiger partial charge in [0.1, 0.15) is 0 Å². The normalized spacial score (nSPS) is 33.5. The van der Waals surface area contributed by atoms with Crippen molar-refractivity contribution in [3.63, 3.8) is 0 Å². The summed E-state index contributed by atoms with van der Waals surface area (Å²) in [7, 11) is 0. The van der Waals surface area contributed by atoms with Gasteiger partial charge in [0.05, 0.1) is 0 Å². The topological polar surface area (TPSA) is 12.9 Å². The largest absolute Gasteiger partial charge is 0.261 e. The highest BCUT2D eigenvalue weighted by molar-refractivity contribution is 6.20. The summed E-state index contributed by atoms with van der Waals surface area (Å²) in [6, 6.07) is 4.23. The summed E-state index contributed by atoms with van der Waals surface area (Å²) in [5.74, 6) is 2.79. The molecule has 3 unspecified atom stereocenters. The second-order valence-corrected chi connectivity index (χ2v) is 6.09. The van der Waals surface area contributed by atoms with Gasteiger partial charge in [-0.1, -0.05) is 6.07 Å². The molecule has 0 spiro atoms. The molecule has 1 heterocycles. The van der Waals surface area contributed by atoms with Crippen LogP contribution in [0.1, 0.15) is 30.5 Å². The molecule has 2 heteroatoms. The lowest BCUT2D eigenvalue weighted by Gasteiger charge is -2.18. The van der Waals surface area contributed by atoms with Crippen LogP contribution in [0.5, 0.6) is 0 Å². The number of hydrogen-bond donors (Lipinski definition) is 0. The Labute approximate surface area is 102 Å². The molecule has 0 saturated heterocycles. The summed E-state index contributed by atoms with van der Waals surface area (Å²) in [5.41, 5.74) is 2.36. The van der Waals surface area contributed by atoms with E-state index in [4.69, 9.17) is 11.6 Å². The monoisotopic (exact) mass is 235 g/mol. The third kappa shape index (κ3) is 2.10. The van der Waals surface area contributed by atoms with E-state index in [1.165, 1.54) is 24.8 Å². The molecule has 2 aliphatic rings. The number of fused-ring (bicyclic) bond motifs is 1. The van der Waals surface area contributed by atoms with Crippen molar-refractivity contribution in [1.29, 1.82) is 0 Å². The molecule has 2 fully saturated rings. The SMILES string of the molecule is Cc1ccc(CC(Cl)C2CC3CC3C2)nc1. The Kier molecular flexibility index (Phi) is 2.67. The standard InChI is InChI=1S/C14H18ClN/c1-9-2-3-13(16-8-9)7-14(15)12-5-10-4-11(10)6-12/h2-3,8,10-12,14H,4-7H2,1H3. The fourth-order valence-electron chi connectivity index (χ4n) is 3.04. The molecule has 0 N–H and O–H groups in total. The van der Waals surface area contributed by atoms with Crippen LogP contribution in [0, 0.1) is 24.7 Å². The van der Waals surface area contributed by atoms with Crippen LogP contribution in [0.3, 0.4) is 0 Å². The van der Waals surface area contributed by atoms with Crippen molar-refractivity contribution in [2.24, 2.45) is 17.8 Å². The minimum Gasteiger partial charge on any atom is -0.261 e. The van der Waals surface area contributed by atoms with Gasteiger partial charge in [-0.3, -0.25) is 4.98 Å². The van der Waals surface area contributed by atoms with Crippen molar-refractivity contribution in [2.75, 3.05) is 0 Å². The van der Waals surface area contributed by atoms with E-state index < -0.39 is 0 Å². The molecule has 2 saturated carbocycles. The Balaban J connectivity index is 1.59. The molecule has 1 aromatic heterocycles. The Morgan fingerprint density at radius 1 is 1.31 bits per heavy atom. The molecule has 16 heavy (non-hydrogen) atoms. The third-order valence-electron chi connectivity index (χ3n) is 4.17. The van der Waals surface area contributed by atoms with Crippen LogP contribution in [0.4, 0.5) is 0 Å². The molecule has 0 bridgehead atoms. The van der Waals surface area contributed by atoms with E-state index in [2.05, 4.69) is 24.0 Å². The van der Waals surface area contributed by atoms with Gasteiger partial charge in [-0.05, 0) is 55.6 Å². The van der Waals surface area contributed by atoms with E-state index in [9.17, 15) is 0 Å². The first-order valence-electron chi connectivity index (χ1n) is 6.28. The highest BCUT2D eigenvalue weighted by Gasteiger charge is 2.47. The van der Waals surface area contributed by atoms with Crippen molar-refractivity contribution in [2.45, 2.75) is 38.0 Å². The summed E-state index contributed by atoms with van der Waals surface area (Å²) in [4.78, 5) is 4.44. The van der Waals surface area contributed by atoms with Crippen molar-refractivity contribution < 1.29 is 0 Å². The van der Waals surface area contributed by atoms with Crippen LogP contribution in [-0.4, -0.2) is 10.4 Å². The van der Waals surface area contributed by atoms with Gasteiger partial charge in [-0.15, -0.1) is 11.6 Å². The van der Waals surface area contributed by atoms with E-state index in [1.807, 2.05) is 6.20 Å². The quantitative estimate of drug-likeness (QED) is 0.730. The van der Waals surface area contributed by atoms with Gasteiger partial charge in [-0.25, -0.2) is 0 Å². The van der Waals surface area contributed by atoms with E-state index in [0.29, 0.717) is 5.38 Å². The van der Waals surface area contributed by atoms with Crippen molar-refractivity contribution >= 4 is 11.6 Å². The van der Waals surface area contributed by atoms with Crippen LogP contribution in [0.25, 0.3) is 0 Å². The molecule has 1 aromatic rings. The molecule has 3 atom stereocenters. The van der Waals surface area contributed by atoms with Gasteiger partial charge in [0, 0.05) is 23.7 Å². The number of pyridine rings is 1. The molecule has 0 amide bonds. The highest BCUT2D eigenvalue weighted by Crippen LogP contribution is 2.55. The number of aromatic nitrogens is 1. The molecule has 0 radical (unpaired) electrons. The Morgan fingerprint density at radius 2 is 2.06 bits per heavy atom. The number of halogens is 1. The summed E-state index contributed by atoms with van der Waals surface area (Å²) >= 11 is 6.51. The average Bonchev–Trinajstić information content (AvgIpc) is 2.89. The molecule has 3 rings (SSSR count). The molecule has 0 aromatic carbocycles. The third-order valence-corrected chi connectivity index (χ3v) is 4.68. The van der Waals surface area contributed by atoms with Gasteiger partial charge < -0.3 is 0 Å². The molecule has 1 nitrogen and oxygen atoms in total. The van der Waals surface area contributed by atoms with Crippen LogP contribution in [0.15, 0.2) is 18.3 Å². The summed E-state index contributed by atoms with van der Waals surface area (Å²) < 4.78 is 0. The van der Waals surface area contributed by atoms with Crippen molar-refractivity contribution in [3.05, 3.63) is 29.6 Å². The lowest BCUT2D eigenvalue weighted by Crippen LogP contribution is -2.16. The molecule has 0 aliphatic heterocycles. The van der Waals surface area contributed by atoms with Gasteiger partial charge in [0.2, 0.25) is 0 Å². The van der Waals surface area contributed by atoms with E-state index in [-0.39, 0.29) is 0 Å². The van der Waals surface area contributed by atoms with Gasteiger partial charge in [0.15, 0.2) is 0 Å². The first-order chi connectivity index (χ1) is 7.72. The number of alkyl halides is 1. The highest BCUT2D eigenvalue weighted by atomic mass is 35.5. The van der Waals surface area contributed by atoms with E-state index in [0.717, 1.165) is 29.9 Å². The predicted molar refractivity (Wildman–Crippen MR) is 66.6 cm³/mol. The van der Waals surface area contributed by atoms with Crippen molar-refractivity contribution in [1.82, 2.24) is 4.98 Å². The second kappa shape index (κ2) is 4.03. The van der Waals surface area contributed by atoms with Gasteiger partial charge in [0.25, 0.3) is 0 Å². The Morgan fingerprint density at radius 3 is 2.69 bits per heavy atom. The number of rotatable bonds is 3. The zero-order valence-electron chi connectivity index (χ0n) is 9.70. The fourth-order valence-corrected chi connectivity index (χ4v) is 3.41. The van der Waals surface area contributed by atoms with Crippen LogP contribution in [-0.2, 0) is 6.42 Å². The Hall–Kier alpha value is -0.560. The lowest BCUT2D eigenvalue weighted by molar-refractivity contribution is 0.458. The predicted octanol–water partition coefficient (Wildman–Crippen LogP) is 3.59. The number of hydrogen-bond acceptors (Lipinski definition) is 1. The summed E-state index contributed by atoms with van der Waals surface area (Å²) in [6.45, 7) is 2.07. The van der Waals surface area contributed by atoms with Crippen LogP contribution in [0.2, 0.25) is 0 Å².